The van der Waals surface area contributed by atoms with E-state index in [2.05, 4.69) is 47.7 Å². The minimum absolute atomic E-state index is 0.0399. The van der Waals surface area contributed by atoms with Crippen molar-refractivity contribution in [1.82, 2.24) is 0 Å². The predicted octanol–water partition coefficient (Wildman–Crippen LogP) is 3.72. The van der Waals surface area contributed by atoms with Gasteiger partial charge in [-0.25, -0.2) is 0 Å². The fraction of sp³-hybridized carbons (Fsp3) is 1.00. The highest BCUT2D eigenvalue weighted by Gasteiger charge is 2.70. The van der Waals surface area contributed by atoms with E-state index in [4.69, 9.17) is 9.16 Å². The summed E-state index contributed by atoms with van der Waals surface area (Å²) in [5.74, 6) is 0. The topological polar surface area (TPSA) is 42.0 Å². The van der Waals surface area contributed by atoms with Crippen molar-refractivity contribution in [2.45, 2.75) is 89.8 Å². The van der Waals surface area contributed by atoms with Gasteiger partial charge in [-0.1, -0.05) is 34.6 Å². The van der Waals surface area contributed by atoms with E-state index in [9.17, 15) is 5.11 Å². The lowest BCUT2D eigenvalue weighted by atomic mass is 9.61. The number of aliphatic hydroxyl groups is 1. The third-order valence-corrected chi connectivity index (χ3v) is 10.6. The number of rotatable bonds is 2. The molecule has 0 aromatic carbocycles. The van der Waals surface area contributed by atoms with E-state index < -0.39 is 13.9 Å². The molecule has 3 nitrogen and oxygen atoms in total. The van der Waals surface area contributed by atoms with Gasteiger partial charge in [0.2, 0.25) is 0 Å². The highest BCUT2D eigenvalue weighted by Crippen LogP contribution is 2.59. The van der Waals surface area contributed by atoms with Gasteiger partial charge < -0.3 is 14.3 Å². The molecule has 1 aliphatic carbocycles. The first-order valence-electron chi connectivity index (χ1n) is 7.78. The second-order valence-electron chi connectivity index (χ2n) is 9.18. The van der Waals surface area contributed by atoms with Crippen LogP contribution in [0.4, 0.5) is 0 Å². The summed E-state index contributed by atoms with van der Waals surface area (Å²) in [5, 5.41) is 11.1. The monoisotopic (exact) mass is 300 g/mol. The molecule has 1 saturated carbocycles. The smallest absolute Gasteiger partial charge is 0.192 e. The van der Waals surface area contributed by atoms with Crippen LogP contribution in [0, 0.1) is 5.41 Å². The van der Waals surface area contributed by atoms with Gasteiger partial charge in [-0.2, -0.15) is 0 Å². The molecule has 1 spiro atoms. The summed E-state index contributed by atoms with van der Waals surface area (Å²) in [7, 11) is -1.80. The molecule has 0 amide bonds. The second kappa shape index (κ2) is 4.31. The van der Waals surface area contributed by atoms with Crippen molar-refractivity contribution in [2.24, 2.45) is 5.41 Å². The second-order valence-corrected chi connectivity index (χ2v) is 13.9. The third-order valence-electron chi connectivity index (χ3n) is 6.03. The van der Waals surface area contributed by atoms with Crippen molar-refractivity contribution < 1.29 is 14.3 Å². The van der Waals surface area contributed by atoms with Gasteiger partial charge >= 0.3 is 0 Å². The van der Waals surface area contributed by atoms with Gasteiger partial charge in [0.15, 0.2) is 8.32 Å². The molecule has 0 aromatic heterocycles. The van der Waals surface area contributed by atoms with Gasteiger partial charge in [0.1, 0.15) is 5.60 Å². The molecule has 1 aliphatic heterocycles. The Labute approximate surface area is 125 Å². The normalized spacial score (nSPS) is 41.0. The molecule has 4 heteroatoms. The molecule has 2 fully saturated rings. The number of ether oxygens (including phenoxy) is 1. The summed E-state index contributed by atoms with van der Waals surface area (Å²) < 4.78 is 12.3. The van der Waals surface area contributed by atoms with E-state index in [0.29, 0.717) is 13.0 Å². The zero-order valence-electron chi connectivity index (χ0n) is 14.5. The molecule has 1 heterocycles. The van der Waals surface area contributed by atoms with Crippen molar-refractivity contribution in [2.75, 3.05) is 6.61 Å². The lowest BCUT2D eigenvalue weighted by Crippen LogP contribution is -2.60. The first-order chi connectivity index (χ1) is 8.74. The van der Waals surface area contributed by atoms with Crippen molar-refractivity contribution in [3.05, 3.63) is 0 Å². The molecule has 0 radical (unpaired) electrons. The van der Waals surface area contributed by atoms with E-state index in [1.807, 2.05) is 6.92 Å². The van der Waals surface area contributed by atoms with E-state index in [1.165, 1.54) is 0 Å². The summed E-state index contributed by atoms with van der Waals surface area (Å²) in [5.41, 5.74) is -1.18. The summed E-state index contributed by atoms with van der Waals surface area (Å²) in [6.07, 6.45) is 1.79. The standard InChI is InChI=1S/C16H32O3Si/c1-13(2,3)20(7,8)19-12-9-14(4,5)16(11-18-16)15(6,17)10-12/h12,17H,9-11H2,1-8H3/t12-,15+,16-/m1/s1. The molecular weight excluding hydrogens is 268 g/mol. The Kier molecular flexibility index (Phi) is 3.55. The summed E-state index contributed by atoms with van der Waals surface area (Å²) in [4.78, 5) is 0. The molecule has 118 valence electrons. The minimum atomic E-state index is -1.80. The van der Waals surface area contributed by atoms with Crippen molar-refractivity contribution in [3.63, 3.8) is 0 Å². The maximum atomic E-state index is 10.9. The van der Waals surface area contributed by atoms with Crippen LogP contribution in [0.15, 0.2) is 0 Å². The molecule has 20 heavy (non-hydrogen) atoms. The average molecular weight is 301 g/mol. The molecule has 3 atom stereocenters. The first kappa shape index (κ1) is 16.5. The van der Waals surface area contributed by atoms with Crippen LogP contribution in [-0.4, -0.2) is 37.3 Å². The number of hydrogen-bond donors (Lipinski definition) is 1. The summed E-state index contributed by atoms with van der Waals surface area (Å²) in [6.45, 7) is 18.4. The van der Waals surface area contributed by atoms with E-state index in [-0.39, 0.29) is 22.2 Å². The SMILES string of the molecule is CC1(C)C[C@@H](O[Si](C)(C)C(C)(C)C)C[C@](C)(O)[C@@]12CO2. The van der Waals surface area contributed by atoms with Gasteiger partial charge in [0.05, 0.1) is 12.2 Å². The van der Waals surface area contributed by atoms with Gasteiger partial charge in [-0.3, -0.25) is 0 Å². The molecule has 2 aliphatic rings. The van der Waals surface area contributed by atoms with Crippen LogP contribution in [-0.2, 0) is 9.16 Å². The Bertz CT molecular complexity index is 369. The average Bonchev–Trinajstić information content (AvgIpc) is 2.90. The van der Waals surface area contributed by atoms with Crippen LogP contribution >= 0.6 is 0 Å². The van der Waals surface area contributed by atoms with Crippen molar-refractivity contribution in [3.8, 4) is 0 Å². The zero-order chi connectivity index (χ0) is 15.6. The van der Waals surface area contributed by atoms with Crippen LogP contribution in [0.25, 0.3) is 0 Å². The molecule has 1 N–H and O–H groups in total. The Balaban J connectivity index is 2.17. The molecule has 0 unspecified atom stereocenters. The van der Waals surface area contributed by atoms with E-state index >= 15 is 0 Å². The van der Waals surface area contributed by atoms with Crippen molar-refractivity contribution >= 4 is 8.32 Å². The van der Waals surface area contributed by atoms with E-state index in [0.717, 1.165) is 6.42 Å². The quantitative estimate of drug-likeness (QED) is 0.624. The van der Waals surface area contributed by atoms with Gasteiger partial charge in [-0.15, -0.1) is 0 Å². The predicted molar refractivity (Wildman–Crippen MR) is 84.4 cm³/mol. The Hall–Kier alpha value is 0.0969. The molecule has 0 bridgehead atoms. The molecule has 0 aromatic rings. The van der Waals surface area contributed by atoms with Gasteiger partial charge in [0.25, 0.3) is 0 Å². The van der Waals surface area contributed by atoms with Crippen molar-refractivity contribution in [1.29, 1.82) is 0 Å². The van der Waals surface area contributed by atoms with Crippen LogP contribution < -0.4 is 0 Å². The Morgan fingerprint density at radius 1 is 1.15 bits per heavy atom. The van der Waals surface area contributed by atoms with Crippen LogP contribution in [0.2, 0.25) is 18.1 Å². The van der Waals surface area contributed by atoms with Crippen LogP contribution in [0.1, 0.15) is 54.4 Å². The number of epoxide rings is 1. The van der Waals surface area contributed by atoms with E-state index in [1.54, 1.807) is 0 Å². The number of hydrogen-bond acceptors (Lipinski definition) is 3. The third kappa shape index (κ3) is 2.38. The molecule has 1 saturated heterocycles. The highest BCUT2D eigenvalue weighted by atomic mass is 28.4. The largest absolute Gasteiger partial charge is 0.414 e. The fourth-order valence-electron chi connectivity index (χ4n) is 3.59. The Morgan fingerprint density at radius 2 is 1.65 bits per heavy atom. The lowest BCUT2D eigenvalue weighted by Gasteiger charge is -2.51. The van der Waals surface area contributed by atoms with Crippen LogP contribution in [0.5, 0.6) is 0 Å². The first-order valence-corrected chi connectivity index (χ1v) is 10.7. The fourth-order valence-corrected chi connectivity index (χ4v) is 4.95. The van der Waals surface area contributed by atoms with Gasteiger partial charge in [0, 0.05) is 17.9 Å². The van der Waals surface area contributed by atoms with Crippen LogP contribution in [0.3, 0.4) is 0 Å². The highest BCUT2D eigenvalue weighted by molar-refractivity contribution is 6.74. The zero-order valence-corrected chi connectivity index (χ0v) is 15.5. The lowest BCUT2D eigenvalue weighted by molar-refractivity contribution is -0.140. The maximum Gasteiger partial charge on any atom is 0.192 e. The summed E-state index contributed by atoms with van der Waals surface area (Å²) in [6, 6.07) is 0. The Morgan fingerprint density at radius 3 is 2.00 bits per heavy atom. The minimum Gasteiger partial charge on any atom is -0.414 e. The molecule has 2 rings (SSSR count). The molecular formula is C16H32O3Si. The maximum absolute atomic E-state index is 10.9. The summed E-state index contributed by atoms with van der Waals surface area (Å²) >= 11 is 0. The van der Waals surface area contributed by atoms with Gasteiger partial charge in [-0.05, 0) is 31.5 Å².